The molecule has 6 heteroatoms. The average molecular weight is 256 g/mol. The van der Waals surface area contributed by atoms with Gasteiger partial charge in [-0.2, -0.15) is 0 Å². The smallest absolute Gasteiger partial charge is 0.326 e. The molecular weight excluding hydrogens is 236 g/mol. The number of aliphatic carboxylic acids is 1. The van der Waals surface area contributed by atoms with Crippen molar-refractivity contribution in [1.29, 1.82) is 0 Å². The third-order valence-corrected chi connectivity index (χ3v) is 3.01. The van der Waals surface area contributed by atoms with E-state index in [0.29, 0.717) is 13.0 Å². The molecule has 1 saturated heterocycles. The zero-order valence-corrected chi connectivity index (χ0v) is 10.8. The highest BCUT2D eigenvalue weighted by Gasteiger charge is 2.26. The Balaban J connectivity index is 2.49. The van der Waals surface area contributed by atoms with Gasteiger partial charge in [-0.05, 0) is 18.8 Å². The monoisotopic (exact) mass is 256 g/mol. The average Bonchev–Trinajstić information content (AvgIpc) is 2.28. The van der Waals surface area contributed by atoms with Crippen LogP contribution in [0.5, 0.6) is 0 Å². The van der Waals surface area contributed by atoms with Crippen molar-refractivity contribution in [2.24, 2.45) is 5.92 Å². The van der Waals surface area contributed by atoms with Crippen molar-refractivity contribution in [2.75, 3.05) is 13.1 Å². The number of nitrogens with one attached hydrogen (secondary N) is 1. The summed E-state index contributed by atoms with van der Waals surface area (Å²) in [5, 5.41) is 11.4. The van der Waals surface area contributed by atoms with Gasteiger partial charge < -0.3 is 15.3 Å². The Kier molecular flexibility index (Phi) is 5.12. The molecule has 2 N–H and O–H groups in total. The highest BCUT2D eigenvalue weighted by molar-refractivity contribution is 5.88. The molecule has 0 saturated carbocycles. The van der Waals surface area contributed by atoms with Crippen molar-refractivity contribution >= 4 is 17.8 Å². The maximum absolute atomic E-state index is 11.7. The Hall–Kier alpha value is -1.59. The summed E-state index contributed by atoms with van der Waals surface area (Å²) in [7, 11) is 0. The molecule has 0 radical (unpaired) electrons. The van der Waals surface area contributed by atoms with Gasteiger partial charge in [0.1, 0.15) is 6.04 Å². The number of amides is 2. The van der Waals surface area contributed by atoms with Gasteiger partial charge in [0.2, 0.25) is 11.8 Å². The summed E-state index contributed by atoms with van der Waals surface area (Å²) in [5.41, 5.74) is 0. The fourth-order valence-corrected chi connectivity index (χ4v) is 1.93. The van der Waals surface area contributed by atoms with Gasteiger partial charge in [-0.15, -0.1) is 0 Å². The first-order valence-electron chi connectivity index (χ1n) is 6.21. The molecule has 0 aromatic heterocycles. The SMILES string of the molecule is CC(C)[C@H](NC(=O)CN1CCCCC1=O)C(=O)O. The van der Waals surface area contributed by atoms with E-state index in [9.17, 15) is 14.4 Å². The van der Waals surface area contributed by atoms with Crippen LogP contribution in [0, 0.1) is 5.92 Å². The number of hydrogen-bond donors (Lipinski definition) is 2. The fraction of sp³-hybridized carbons (Fsp3) is 0.750. The van der Waals surface area contributed by atoms with E-state index in [1.807, 2.05) is 0 Å². The number of carboxylic acids is 1. The largest absolute Gasteiger partial charge is 0.480 e. The van der Waals surface area contributed by atoms with Crippen LogP contribution in [0.3, 0.4) is 0 Å². The topological polar surface area (TPSA) is 86.7 Å². The minimum atomic E-state index is -1.05. The molecule has 1 heterocycles. The Bertz CT molecular complexity index is 341. The second-order valence-electron chi connectivity index (χ2n) is 4.90. The van der Waals surface area contributed by atoms with Crippen LogP contribution in [0.4, 0.5) is 0 Å². The van der Waals surface area contributed by atoms with Crippen molar-refractivity contribution in [1.82, 2.24) is 10.2 Å². The van der Waals surface area contributed by atoms with Gasteiger partial charge in [0.05, 0.1) is 6.54 Å². The molecule has 1 aliphatic heterocycles. The van der Waals surface area contributed by atoms with Crippen LogP contribution in [-0.4, -0.2) is 46.9 Å². The summed E-state index contributed by atoms with van der Waals surface area (Å²) in [5.74, 6) is -1.69. The minimum Gasteiger partial charge on any atom is -0.480 e. The normalized spacial score (nSPS) is 17.7. The van der Waals surface area contributed by atoms with Gasteiger partial charge in [0, 0.05) is 13.0 Å². The summed E-state index contributed by atoms with van der Waals surface area (Å²) in [6, 6.07) is -0.905. The van der Waals surface area contributed by atoms with Crippen LogP contribution in [0.2, 0.25) is 0 Å². The van der Waals surface area contributed by atoms with Crippen LogP contribution in [0.1, 0.15) is 33.1 Å². The van der Waals surface area contributed by atoms with Crippen molar-refractivity contribution in [3.8, 4) is 0 Å². The lowest BCUT2D eigenvalue weighted by Gasteiger charge is -2.27. The predicted octanol–water partition coefficient (Wildman–Crippen LogP) is 0.224. The lowest BCUT2D eigenvalue weighted by atomic mass is 10.0. The summed E-state index contributed by atoms with van der Waals surface area (Å²) in [4.78, 5) is 35.6. The van der Waals surface area contributed by atoms with Gasteiger partial charge in [-0.25, -0.2) is 4.79 Å². The molecule has 0 aromatic rings. The number of nitrogens with zero attached hydrogens (tertiary/aromatic N) is 1. The Morgan fingerprint density at radius 1 is 1.39 bits per heavy atom. The van der Waals surface area contributed by atoms with E-state index in [4.69, 9.17) is 5.11 Å². The molecule has 0 bridgehead atoms. The summed E-state index contributed by atoms with van der Waals surface area (Å²) in [6.07, 6.45) is 2.23. The first-order chi connectivity index (χ1) is 8.41. The molecule has 1 rings (SSSR count). The van der Waals surface area contributed by atoms with E-state index in [-0.39, 0.29) is 18.4 Å². The van der Waals surface area contributed by atoms with Gasteiger partial charge in [-0.3, -0.25) is 9.59 Å². The maximum Gasteiger partial charge on any atom is 0.326 e. The van der Waals surface area contributed by atoms with Crippen LogP contribution in [0.15, 0.2) is 0 Å². The first-order valence-corrected chi connectivity index (χ1v) is 6.21. The molecular formula is C12H20N2O4. The maximum atomic E-state index is 11.7. The molecule has 0 aliphatic carbocycles. The van der Waals surface area contributed by atoms with Gasteiger partial charge >= 0.3 is 5.97 Å². The molecule has 0 aromatic carbocycles. The number of hydrogen-bond acceptors (Lipinski definition) is 3. The highest BCUT2D eigenvalue weighted by Crippen LogP contribution is 2.10. The zero-order chi connectivity index (χ0) is 13.7. The van der Waals surface area contributed by atoms with Crippen molar-refractivity contribution in [3.05, 3.63) is 0 Å². The van der Waals surface area contributed by atoms with Gasteiger partial charge in [0.15, 0.2) is 0 Å². The molecule has 1 aliphatic rings. The van der Waals surface area contributed by atoms with Crippen LogP contribution < -0.4 is 5.32 Å². The molecule has 6 nitrogen and oxygen atoms in total. The fourth-order valence-electron chi connectivity index (χ4n) is 1.93. The molecule has 1 atom stereocenters. The second kappa shape index (κ2) is 6.37. The van der Waals surface area contributed by atoms with E-state index in [0.717, 1.165) is 12.8 Å². The quantitative estimate of drug-likeness (QED) is 0.737. The number of carbonyl (C=O) groups is 3. The first kappa shape index (κ1) is 14.5. The molecule has 2 amide bonds. The standard InChI is InChI=1S/C12H20N2O4/c1-8(2)11(12(17)18)13-9(15)7-14-6-4-3-5-10(14)16/h8,11H,3-7H2,1-2H3,(H,13,15)(H,17,18)/t11-/m0/s1. The molecule has 0 spiro atoms. The Morgan fingerprint density at radius 2 is 2.06 bits per heavy atom. The highest BCUT2D eigenvalue weighted by atomic mass is 16.4. The number of likely N-dealkylation sites (tertiary alicyclic amines) is 1. The summed E-state index contributed by atoms with van der Waals surface area (Å²) >= 11 is 0. The number of piperidine rings is 1. The number of carbonyl (C=O) groups excluding carboxylic acids is 2. The lowest BCUT2D eigenvalue weighted by molar-refractivity contribution is -0.144. The van der Waals surface area contributed by atoms with Crippen LogP contribution in [0.25, 0.3) is 0 Å². The van der Waals surface area contributed by atoms with E-state index in [2.05, 4.69) is 5.32 Å². The summed E-state index contributed by atoms with van der Waals surface area (Å²) < 4.78 is 0. The summed E-state index contributed by atoms with van der Waals surface area (Å²) in [6.45, 7) is 3.98. The number of carboxylic acid groups (broad SMARTS) is 1. The van der Waals surface area contributed by atoms with Crippen LogP contribution >= 0.6 is 0 Å². The molecule has 18 heavy (non-hydrogen) atoms. The Morgan fingerprint density at radius 3 is 2.56 bits per heavy atom. The lowest BCUT2D eigenvalue weighted by Crippen LogP contribution is -2.49. The predicted molar refractivity (Wildman–Crippen MR) is 64.8 cm³/mol. The molecule has 1 fully saturated rings. The molecule has 0 unspecified atom stereocenters. The van der Waals surface area contributed by atoms with E-state index >= 15 is 0 Å². The van der Waals surface area contributed by atoms with Gasteiger partial charge in [-0.1, -0.05) is 13.8 Å². The molecule has 102 valence electrons. The van der Waals surface area contributed by atoms with E-state index in [1.165, 1.54) is 4.90 Å². The zero-order valence-electron chi connectivity index (χ0n) is 10.8. The number of rotatable bonds is 5. The van der Waals surface area contributed by atoms with E-state index < -0.39 is 17.9 Å². The van der Waals surface area contributed by atoms with E-state index in [1.54, 1.807) is 13.8 Å². The van der Waals surface area contributed by atoms with Crippen LogP contribution in [-0.2, 0) is 14.4 Å². The third kappa shape index (κ3) is 4.01. The van der Waals surface area contributed by atoms with Crippen molar-refractivity contribution < 1.29 is 19.5 Å². The van der Waals surface area contributed by atoms with Gasteiger partial charge in [0.25, 0.3) is 0 Å². The van der Waals surface area contributed by atoms with Crippen molar-refractivity contribution in [2.45, 2.75) is 39.2 Å². The third-order valence-electron chi connectivity index (χ3n) is 3.01. The Labute approximate surface area is 106 Å². The van der Waals surface area contributed by atoms with Crippen molar-refractivity contribution in [3.63, 3.8) is 0 Å². The minimum absolute atomic E-state index is 0.0344. The second-order valence-corrected chi connectivity index (χ2v) is 4.90.